The standard InChI is InChI=1S/C13H29N3O2S/c1-5-8-14-10-12(3)19(17,18)15-9-11(2)16(4)13-6-7-13/h11-15H,5-10H2,1-4H3. The van der Waals surface area contributed by atoms with Crippen molar-refractivity contribution in [3.05, 3.63) is 0 Å². The maximum atomic E-state index is 12.1. The van der Waals surface area contributed by atoms with Crippen LogP contribution in [-0.2, 0) is 10.0 Å². The van der Waals surface area contributed by atoms with Gasteiger partial charge >= 0.3 is 0 Å². The van der Waals surface area contributed by atoms with Crippen molar-refractivity contribution >= 4 is 10.0 Å². The fourth-order valence-corrected chi connectivity index (χ4v) is 3.05. The lowest BCUT2D eigenvalue weighted by Crippen LogP contribution is -2.45. The molecular formula is C13H29N3O2S. The summed E-state index contributed by atoms with van der Waals surface area (Å²) in [5.74, 6) is 0. The van der Waals surface area contributed by atoms with E-state index in [1.807, 2.05) is 0 Å². The normalized spacial score (nSPS) is 19.6. The Hall–Kier alpha value is -0.170. The molecule has 0 aromatic heterocycles. The predicted octanol–water partition coefficient (Wildman–Crippen LogP) is 0.777. The summed E-state index contributed by atoms with van der Waals surface area (Å²) < 4.78 is 26.9. The number of rotatable bonds is 10. The zero-order valence-corrected chi connectivity index (χ0v) is 13.5. The van der Waals surface area contributed by atoms with Crippen LogP contribution < -0.4 is 10.0 Å². The van der Waals surface area contributed by atoms with Crippen LogP contribution in [0.2, 0.25) is 0 Å². The molecule has 0 spiro atoms. The molecule has 0 amide bonds. The van der Waals surface area contributed by atoms with Gasteiger partial charge in [0, 0.05) is 25.2 Å². The van der Waals surface area contributed by atoms with Gasteiger partial charge in [0.25, 0.3) is 0 Å². The van der Waals surface area contributed by atoms with Crippen molar-refractivity contribution in [1.82, 2.24) is 14.9 Å². The van der Waals surface area contributed by atoms with Gasteiger partial charge in [-0.2, -0.15) is 0 Å². The van der Waals surface area contributed by atoms with Crippen LogP contribution in [0.25, 0.3) is 0 Å². The van der Waals surface area contributed by atoms with Gasteiger partial charge in [-0.25, -0.2) is 13.1 Å². The molecule has 19 heavy (non-hydrogen) atoms. The highest BCUT2D eigenvalue weighted by atomic mass is 32.2. The van der Waals surface area contributed by atoms with Gasteiger partial charge in [0.15, 0.2) is 0 Å². The molecule has 1 saturated carbocycles. The Labute approximate surface area is 118 Å². The highest BCUT2D eigenvalue weighted by Gasteiger charge is 2.30. The van der Waals surface area contributed by atoms with Crippen molar-refractivity contribution in [2.75, 3.05) is 26.7 Å². The molecule has 2 unspecified atom stereocenters. The third kappa shape index (κ3) is 5.77. The van der Waals surface area contributed by atoms with Gasteiger partial charge < -0.3 is 5.32 Å². The first-order valence-corrected chi connectivity index (χ1v) is 8.84. The van der Waals surface area contributed by atoms with Gasteiger partial charge in [0.05, 0.1) is 5.25 Å². The molecule has 0 bridgehead atoms. The number of sulfonamides is 1. The molecule has 2 atom stereocenters. The quantitative estimate of drug-likeness (QED) is 0.584. The summed E-state index contributed by atoms with van der Waals surface area (Å²) in [6.45, 7) is 7.76. The number of hydrogen-bond donors (Lipinski definition) is 2. The molecule has 6 heteroatoms. The van der Waals surface area contributed by atoms with Crippen molar-refractivity contribution in [3.63, 3.8) is 0 Å². The molecule has 0 aliphatic heterocycles. The van der Waals surface area contributed by atoms with Crippen LogP contribution in [0.1, 0.15) is 40.0 Å². The van der Waals surface area contributed by atoms with Crippen molar-refractivity contribution < 1.29 is 8.42 Å². The van der Waals surface area contributed by atoms with E-state index in [0.717, 1.165) is 13.0 Å². The Balaban J connectivity index is 2.32. The minimum atomic E-state index is -3.21. The summed E-state index contributed by atoms with van der Waals surface area (Å²) >= 11 is 0. The van der Waals surface area contributed by atoms with E-state index in [2.05, 4.69) is 35.8 Å². The van der Waals surface area contributed by atoms with Crippen molar-refractivity contribution in [2.45, 2.75) is 57.4 Å². The largest absolute Gasteiger partial charge is 0.315 e. The van der Waals surface area contributed by atoms with Crippen molar-refractivity contribution in [1.29, 1.82) is 0 Å². The van der Waals surface area contributed by atoms with Crippen LogP contribution >= 0.6 is 0 Å². The molecule has 0 saturated heterocycles. The minimum Gasteiger partial charge on any atom is -0.315 e. The van der Waals surface area contributed by atoms with Crippen LogP contribution in [0, 0.1) is 0 Å². The molecule has 1 aliphatic carbocycles. The zero-order chi connectivity index (χ0) is 14.5. The molecule has 0 aromatic rings. The number of hydrogen-bond acceptors (Lipinski definition) is 4. The Morgan fingerprint density at radius 3 is 2.42 bits per heavy atom. The van der Waals surface area contributed by atoms with Crippen molar-refractivity contribution in [3.8, 4) is 0 Å². The number of likely N-dealkylation sites (N-methyl/N-ethyl adjacent to an activating group) is 1. The molecule has 5 nitrogen and oxygen atoms in total. The lowest BCUT2D eigenvalue weighted by atomic mass is 10.3. The third-order valence-electron chi connectivity index (χ3n) is 3.79. The topological polar surface area (TPSA) is 61.4 Å². The van der Waals surface area contributed by atoms with E-state index in [4.69, 9.17) is 0 Å². The van der Waals surface area contributed by atoms with Gasteiger partial charge in [0.1, 0.15) is 0 Å². The van der Waals surface area contributed by atoms with E-state index in [0.29, 0.717) is 19.1 Å². The molecule has 1 fully saturated rings. The fourth-order valence-electron chi connectivity index (χ4n) is 1.96. The van der Waals surface area contributed by atoms with E-state index in [1.165, 1.54) is 12.8 Å². The monoisotopic (exact) mass is 291 g/mol. The second-order valence-electron chi connectivity index (χ2n) is 5.65. The van der Waals surface area contributed by atoms with Gasteiger partial charge in [0.2, 0.25) is 10.0 Å². The van der Waals surface area contributed by atoms with Crippen molar-refractivity contribution in [2.24, 2.45) is 0 Å². The van der Waals surface area contributed by atoms with E-state index in [-0.39, 0.29) is 6.04 Å². The lowest BCUT2D eigenvalue weighted by molar-refractivity contribution is 0.248. The first kappa shape index (κ1) is 16.9. The molecule has 1 rings (SSSR count). The summed E-state index contributed by atoms with van der Waals surface area (Å²) in [5, 5.41) is 2.76. The summed E-state index contributed by atoms with van der Waals surface area (Å²) in [7, 11) is -1.14. The lowest BCUT2D eigenvalue weighted by Gasteiger charge is -2.25. The summed E-state index contributed by atoms with van der Waals surface area (Å²) in [6.07, 6.45) is 3.50. The number of nitrogens with zero attached hydrogens (tertiary/aromatic N) is 1. The van der Waals surface area contributed by atoms with Crippen LogP contribution in [0.4, 0.5) is 0 Å². The first-order valence-electron chi connectivity index (χ1n) is 7.29. The van der Waals surface area contributed by atoms with E-state index in [1.54, 1.807) is 6.92 Å². The molecule has 2 N–H and O–H groups in total. The van der Waals surface area contributed by atoms with Gasteiger partial charge in [-0.05, 0) is 46.7 Å². The fraction of sp³-hybridized carbons (Fsp3) is 1.00. The Kier molecular flexibility index (Phi) is 6.73. The minimum absolute atomic E-state index is 0.248. The smallest absolute Gasteiger partial charge is 0.215 e. The molecular weight excluding hydrogens is 262 g/mol. The average molecular weight is 291 g/mol. The second-order valence-corrected chi connectivity index (χ2v) is 7.84. The first-order chi connectivity index (χ1) is 8.88. The second kappa shape index (κ2) is 7.57. The van der Waals surface area contributed by atoms with Crippen LogP contribution in [0.15, 0.2) is 0 Å². The predicted molar refractivity (Wildman–Crippen MR) is 79.8 cm³/mol. The average Bonchev–Trinajstić information content (AvgIpc) is 3.19. The molecule has 114 valence electrons. The van der Waals surface area contributed by atoms with E-state index in [9.17, 15) is 8.42 Å². The van der Waals surface area contributed by atoms with E-state index >= 15 is 0 Å². The van der Waals surface area contributed by atoms with Gasteiger partial charge in [-0.3, -0.25) is 4.90 Å². The molecule has 0 heterocycles. The van der Waals surface area contributed by atoms with Crippen LogP contribution in [-0.4, -0.2) is 57.3 Å². The maximum absolute atomic E-state index is 12.1. The zero-order valence-electron chi connectivity index (χ0n) is 12.6. The summed E-state index contributed by atoms with van der Waals surface area (Å²) in [5.41, 5.74) is 0. The highest BCUT2D eigenvalue weighted by molar-refractivity contribution is 7.90. The molecule has 1 aliphatic rings. The summed E-state index contributed by atoms with van der Waals surface area (Å²) in [6, 6.07) is 0.904. The maximum Gasteiger partial charge on any atom is 0.215 e. The Bertz CT molecular complexity index is 355. The third-order valence-corrected chi connectivity index (χ3v) is 5.58. The number of nitrogens with one attached hydrogen (secondary N) is 2. The SMILES string of the molecule is CCCNCC(C)S(=O)(=O)NCC(C)N(C)C1CC1. The molecule has 0 radical (unpaired) electrons. The van der Waals surface area contributed by atoms with Crippen LogP contribution in [0.5, 0.6) is 0 Å². The van der Waals surface area contributed by atoms with Gasteiger partial charge in [-0.15, -0.1) is 0 Å². The highest BCUT2D eigenvalue weighted by Crippen LogP contribution is 2.26. The van der Waals surface area contributed by atoms with Gasteiger partial charge in [-0.1, -0.05) is 6.92 Å². The van der Waals surface area contributed by atoms with Crippen LogP contribution in [0.3, 0.4) is 0 Å². The Morgan fingerprint density at radius 2 is 1.89 bits per heavy atom. The van der Waals surface area contributed by atoms with E-state index < -0.39 is 15.3 Å². The Morgan fingerprint density at radius 1 is 1.26 bits per heavy atom. The summed E-state index contributed by atoms with van der Waals surface area (Å²) in [4.78, 5) is 2.27. The molecule has 0 aromatic carbocycles.